The third-order valence-electron chi connectivity index (χ3n) is 3.77. The Morgan fingerprint density at radius 1 is 1.50 bits per heavy atom. The van der Waals surface area contributed by atoms with Crippen molar-refractivity contribution in [1.82, 2.24) is 5.32 Å². The number of nitrogens with one attached hydrogen (secondary N) is 1. The molecule has 1 aliphatic rings. The second-order valence-electron chi connectivity index (χ2n) is 6.02. The van der Waals surface area contributed by atoms with Gasteiger partial charge in [-0.25, -0.2) is 0 Å². The molecule has 0 aromatic heterocycles. The summed E-state index contributed by atoms with van der Waals surface area (Å²) in [7, 11) is 0. The molecule has 0 heterocycles. The van der Waals surface area contributed by atoms with Crippen LogP contribution in [0.5, 0.6) is 0 Å². The zero-order valence-electron chi connectivity index (χ0n) is 12.3. The summed E-state index contributed by atoms with van der Waals surface area (Å²) in [4.78, 5) is 12.3. The SMILES string of the molecule is Cc1ccc(C#CCCO)cc1C(=O)NC1CC1(C)C. The monoisotopic (exact) mass is 271 g/mol. The summed E-state index contributed by atoms with van der Waals surface area (Å²) >= 11 is 0. The average Bonchev–Trinajstić information content (AvgIpc) is 2.98. The lowest BCUT2D eigenvalue weighted by molar-refractivity contribution is 0.0945. The second kappa shape index (κ2) is 5.68. The molecular formula is C17H21NO2. The molecule has 1 aromatic carbocycles. The summed E-state index contributed by atoms with van der Waals surface area (Å²) < 4.78 is 0. The van der Waals surface area contributed by atoms with Crippen LogP contribution in [-0.4, -0.2) is 23.7 Å². The van der Waals surface area contributed by atoms with E-state index in [0.717, 1.165) is 17.5 Å². The van der Waals surface area contributed by atoms with Crippen molar-refractivity contribution in [3.05, 3.63) is 34.9 Å². The second-order valence-corrected chi connectivity index (χ2v) is 6.02. The molecular weight excluding hydrogens is 250 g/mol. The van der Waals surface area contributed by atoms with Gasteiger partial charge in [0.15, 0.2) is 0 Å². The molecule has 106 valence electrons. The molecule has 1 unspecified atom stereocenters. The van der Waals surface area contributed by atoms with Gasteiger partial charge in [0.1, 0.15) is 0 Å². The highest BCUT2D eigenvalue weighted by atomic mass is 16.2. The smallest absolute Gasteiger partial charge is 0.251 e. The number of amides is 1. The Morgan fingerprint density at radius 2 is 2.20 bits per heavy atom. The molecule has 3 nitrogen and oxygen atoms in total. The topological polar surface area (TPSA) is 49.3 Å². The van der Waals surface area contributed by atoms with Crippen LogP contribution in [0.4, 0.5) is 0 Å². The molecule has 0 radical (unpaired) electrons. The van der Waals surface area contributed by atoms with Gasteiger partial charge in [-0.15, -0.1) is 0 Å². The van der Waals surface area contributed by atoms with Crippen LogP contribution in [-0.2, 0) is 0 Å². The van der Waals surface area contributed by atoms with Gasteiger partial charge >= 0.3 is 0 Å². The molecule has 2 rings (SSSR count). The molecule has 0 bridgehead atoms. The number of aliphatic hydroxyl groups is 1. The first-order valence-electron chi connectivity index (χ1n) is 6.95. The van der Waals surface area contributed by atoms with Crippen molar-refractivity contribution in [2.45, 2.75) is 39.7 Å². The van der Waals surface area contributed by atoms with Gasteiger partial charge in [-0.2, -0.15) is 0 Å². The molecule has 2 N–H and O–H groups in total. The van der Waals surface area contributed by atoms with Crippen LogP contribution in [0.2, 0.25) is 0 Å². The number of aliphatic hydroxyl groups excluding tert-OH is 1. The van der Waals surface area contributed by atoms with Gasteiger partial charge in [0.25, 0.3) is 5.91 Å². The van der Waals surface area contributed by atoms with E-state index in [1.165, 1.54) is 0 Å². The van der Waals surface area contributed by atoms with Crippen LogP contribution in [0.1, 0.15) is 48.2 Å². The van der Waals surface area contributed by atoms with Gasteiger partial charge in [0, 0.05) is 23.6 Å². The fourth-order valence-electron chi connectivity index (χ4n) is 2.11. The minimum atomic E-state index is -0.0242. The van der Waals surface area contributed by atoms with Gasteiger partial charge in [-0.05, 0) is 36.5 Å². The molecule has 1 fully saturated rings. The molecule has 1 amide bonds. The maximum atomic E-state index is 12.3. The van der Waals surface area contributed by atoms with Gasteiger partial charge in [-0.3, -0.25) is 4.79 Å². The summed E-state index contributed by atoms with van der Waals surface area (Å²) in [5.74, 6) is 5.81. The number of aryl methyl sites for hydroxylation is 1. The minimum Gasteiger partial charge on any atom is -0.395 e. The largest absolute Gasteiger partial charge is 0.395 e. The van der Waals surface area contributed by atoms with Crippen molar-refractivity contribution in [2.75, 3.05) is 6.61 Å². The standard InChI is InChI=1S/C17H21NO2/c1-12-7-8-13(6-4-5-9-19)10-14(12)16(20)18-15-11-17(15,2)3/h7-8,10,15,19H,5,9,11H2,1-3H3,(H,18,20). The molecule has 0 spiro atoms. The van der Waals surface area contributed by atoms with Crippen LogP contribution >= 0.6 is 0 Å². The minimum absolute atomic E-state index is 0.0242. The third-order valence-corrected chi connectivity index (χ3v) is 3.77. The van der Waals surface area contributed by atoms with Gasteiger partial charge in [-0.1, -0.05) is 31.8 Å². The van der Waals surface area contributed by atoms with Crippen molar-refractivity contribution in [3.8, 4) is 11.8 Å². The van der Waals surface area contributed by atoms with Crippen molar-refractivity contribution < 1.29 is 9.90 Å². The molecule has 1 aromatic rings. The van der Waals surface area contributed by atoms with Crippen molar-refractivity contribution in [3.63, 3.8) is 0 Å². The Bertz CT molecular complexity index is 578. The fourth-order valence-corrected chi connectivity index (χ4v) is 2.11. The summed E-state index contributed by atoms with van der Waals surface area (Å²) in [6.07, 6.45) is 1.49. The summed E-state index contributed by atoms with van der Waals surface area (Å²) in [6, 6.07) is 5.91. The van der Waals surface area contributed by atoms with Gasteiger partial charge in [0.05, 0.1) is 6.61 Å². The highest BCUT2D eigenvalue weighted by Crippen LogP contribution is 2.44. The molecule has 1 atom stereocenters. The fraction of sp³-hybridized carbons (Fsp3) is 0.471. The first-order chi connectivity index (χ1) is 9.44. The number of hydrogen-bond acceptors (Lipinski definition) is 2. The lowest BCUT2D eigenvalue weighted by atomic mass is 10.0. The zero-order valence-corrected chi connectivity index (χ0v) is 12.3. The summed E-state index contributed by atoms with van der Waals surface area (Å²) in [6.45, 7) is 6.30. The van der Waals surface area contributed by atoms with Crippen molar-refractivity contribution in [1.29, 1.82) is 0 Å². The maximum Gasteiger partial charge on any atom is 0.251 e. The van der Waals surface area contributed by atoms with E-state index in [4.69, 9.17) is 5.11 Å². The Kier molecular flexibility index (Phi) is 4.15. The lowest BCUT2D eigenvalue weighted by Gasteiger charge is -2.09. The highest BCUT2D eigenvalue weighted by molar-refractivity contribution is 5.96. The Hall–Kier alpha value is -1.79. The van der Waals surface area contributed by atoms with Crippen LogP contribution in [0.3, 0.4) is 0 Å². The number of hydrogen-bond donors (Lipinski definition) is 2. The van der Waals surface area contributed by atoms with E-state index in [2.05, 4.69) is 31.0 Å². The number of carbonyl (C=O) groups is 1. The molecule has 1 aliphatic carbocycles. The van der Waals surface area contributed by atoms with E-state index >= 15 is 0 Å². The molecule has 0 aliphatic heterocycles. The molecule has 1 saturated carbocycles. The predicted octanol–water partition coefficient (Wildman–Crippen LogP) is 2.26. The first kappa shape index (κ1) is 14.6. The van der Waals surface area contributed by atoms with Crippen LogP contribution in [0, 0.1) is 24.2 Å². The maximum absolute atomic E-state index is 12.3. The summed E-state index contributed by atoms with van der Waals surface area (Å²) in [5.41, 5.74) is 2.67. The van der Waals surface area contributed by atoms with Crippen LogP contribution < -0.4 is 5.32 Å². The van der Waals surface area contributed by atoms with Crippen molar-refractivity contribution >= 4 is 5.91 Å². The van der Waals surface area contributed by atoms with E-state index < -0.39 is 0 Å². The van der Waals surface area contributed by atoms with Gasteiger partial charge < -0.3 is 10.4 Å². The lowest BCUT2D eigenvalue weighted by Crippen LogP contribution is -2.29. The predicted molar refractivity (Wildman–Crippen MR) is 79.4 cm³/mol. The molecule has 0 saturated heterocycles. The van der Waals surface area contributed by atoms with Crippen LogP contribution in [0.25, 0.3) is 0 Å². The molecule has 3 heteroatoms. The van der Waals surface area contributed by atoms with Gasteiger partial charge in [0.2, 0.25) is 0 Å². The Balaban J connectivity index is 2.12. The average molecular weight is 271 g/mol. The zero-order chi connectivity index (χ0) is 14.8. The van der Waals surface area contributed by atoms with Crippen LogP contribution in [0.15, 0.2) is 18.2 Å². The highest BCUT2D eigenvalue weighted by Gasteiger charge is 2.46. The molecule has 20 heavy (non-hydrogen) atoms. The van der Waals surface area contributed by atoms with E-state index in [9.17, 15) is 4.79 Å². The quantitative estimate of drug-likeness (QED) is 0.828. The summed E-state index contributed by atoms with van der Waals surface area (Å²) in [5, 5.41) is 11.8. The number of benzene rings is 1. The normalized spacial score (nSPS) is 18.9. The van der Waals surface area contributed by atoms with E-state index in [-0.39, 0.29) is 24.0 Å². The number of carbonyl (C=O) groups excluding carboxylic acids is 1. The third kappa shape index (κ3) is 3.40. The van der Waals surface area contributed by atoms with E-state index in [1.807, 2.05) is 25.1 Å². The van der Waals surface area contributed by atoms with Crippen molar-refractivity contribution in [2.24, 2.45) is 5.41 Å². The van der Waals surface area contributed by atoms with E-state index in [0.29, 0.717) is 12.0 Å². The first-order valence-corrected chi connectivity index (χ1v) is 6.95. The van der Waals surface area contributed by atoms with E-state index in [1.54, 1.807) is 0 Å². The Morgan fingerprint density at radius 3 is 2.80 bits per heavy atom. The Labute approximate surface area is 120 Å². The number of rotatable bonds is 3.